The Morgan fingerprint density at radius 3 is 2.45 bits per heavy atom. The van der Waals surface area contributed by atoms with Gasteiger partial charge in [-0.2, -0.15) is 18.3 Å². The molecule has 2 aliphatic heterocycles. The van der Waals surface area contributed by atoms with Gasteiger partial charge in [0.25, 0.3) is 5.91 Å². The highest BCUT2D eigenvalue weighted by Crippen LogP contribution is 2.47. The summed E-state index contributed by atoms with van der Waals surface area (Å²) in [4.78, 5) is 20.5. The first kappa shape index (κ1) is 21.5. The Balaban J connectivity index is 1.57. The van der Waals surface area contributed by atoms with Crippen molar-refractivity contribution in [2.45, 2.75) is 44.4 Å². The topological polar surface area (TPSA) is 66.8 Å². The van der Waals surface area contributed by atoms with Gasteiger partial charge in [0.05, 0.1) is 17.4 Å². The maximum atomic E-state index is 13.9. The summed E-state index contributed by atoms with van der Waals surface area (Å²) in [5.74, 6) is -5.15. The van der Waals surface area contributed by atoms with Crippen molar-refractivity contribution >= 4 is 5.91 Å². The summed E-state index contributed by atoms with van der Waals surface area (Å²) < 4.78 is 82.8. The highest BCUT2D eigenvalue weighted by Gasteiger charge is 2.48. The number of rotatable bonds is 2. The van der Waals surface area contributed by atoms with E-state index < -0.39 is 53.0 Å². The van der Waals surface area contributed by atoms with Gasteiger partial charge in [0.2, 0.25) is 0 Å². The standard InChI is InChI=1S/C21H17F6N5O/c1-8-28-17(19(29-8)21(25,26)27)20(33)32-10-3-4-14(32)16-11(7-10)18(31(2)30-16)9-5-12(22)15(24)13(23)6-9/h5-6,10,14H,3-4,7H2,1-2H3,(H,28,29)/t10-,14+/m0/s1. The van der Waals surface area contributed by atoms with Crippen LogP contribution in [0, 0.1) is 24.4 Å². The lowest BCUT2D eigenvalue weighted by atomic mass is 9.94. The fourth-order valence-electron chi connectivity index (χ4n) is 4.98. The van der Waals surface area contributed by atoms with E-state index in [4.69, 9.17) is 0 Å². The number of hydrogen-bond donors (Lipinski definition) is 1. The van der Waals surface area contributed by atoms with Crippen LogP contribution in [0.25, 0.3) is 11.3 Å². The van der Waals surface area contributed by atoms with Crippen molar-refractivity contribution in [3.8, 4) is 11.3 Å². The number of carbonyl (C=O) groups excluding carboxylic acids is 1. The number of halogens is 6. The number of hydrogen-bond acceptors (Lipinski definition) is 3. The van der Waals surface area contributed by atoms with E-state index in [1.165, 1.54) is 16.5 Å². The van der Waals surface area contributed by atoms with Crippen LogP contribution in [0.4, 0.5) is 26.3 Å². The van der Waals surface area contributed by atoms with Crippen molar-refractivity contribution in [2.24, 2.45) is 7.05 Å². The average Bonchev–Trinajstić information content (AvgIpc) is 3.38. The number of amides is 1. The van der Waals surface area contributed by atoms with E-state index in [0.29, 0.717) is 29.8 Å². The van der Waals surface area contributed by atoms with Crippen LogP contribution in [0.2, 0.25) is 0 Å². The van der Waals surface area contributed by atoms with Gasteiger partial charge in [0.15, 0.2) is 28.8 Å². The van der Waals surface area contributed by atoms with Crippen LogP contribution in [-0.2, 0) is 19.6 Å². The molecule has 0 spiro atoms. The molecule has 2 aliphatic rings. The van der Waals surface area contributed by atoms with Gasteiger partial charge < -0.3 is 9.88 Å². The average molecular weight is 469 g/mol. The number of fused-ring (bicyclic) bond motifs is 4. The predicted molar refractivity (Wildman–Crippen MR) is 102 cm³/mol. The normalized spacial score (nSPS) is 19.8. The SMILES string of the molecule is Cc1nc(C(=O)N2[C@H]3CC[C@@H]2c2nn(C)c(-c4cc(F)c(F)c(F)c4)c2C3)c(C(F)(F)F)[nH]1. The van der Waals surface area contributed by atoms with E-state index >= 15 is 0 Å². The van der Waals surface area contributed by atoms with Crippen LogP contribution in [0.3, 0.4) is 0 Å². The van der Waals surface area contributed by atoms with Crippen LogP contribution in [0.15, 0.2) is 12.1 Å². The molecular weight excluding hydrogens is 452 g/mol. The molecule has 12 heteroatoms. The molecule has 2 atom stereocenters. The molecule has 33 heavy (non-hydrogen) atoms. The van der Waals surface area contributed by atoms with Crippen molar-refractivity contribution in [1.29, 1.82) is 0 Å². The monoisotopic (exact) mass is 469 g/mol. The lowest BCUT2D eigenvalue weighted by molar-refractivity contribution is -0.141. The number of nitrogens with zero attached hydrogens (tertiary/aromatic N) is 4. The number of alkyl halides is 3. The molecule has 3 aromatic rings. The van der Waals surface area contributed by atoms with E-state index in [9.17, 15) is 31.1 Å². The first-order valence-corrected chi connectivity index (χ1v) is 10.1. The number of H-pyrrole nitrogens is 1. The molecule has 0 radical (unpaired) electrons. The zero-order chi connectivity index (χ0) is 23.8. The van der Waals surface area contributed by atoms with E-state index in [1.54, 1.807) is 7.05 Å². The first-order valence-electron chi connectivity index (χ1n) is 10.1. The van der Waals surface area contributed by atoms with Crippen molar-refractivity contribution in [3.05, 3.63) is 58.1 Å². The summed E-state index contributed by atoms with van der Waals surface area (Å²) in [6, 6.07) is 0.694. The van der Waals surface area contributed by atoms with Crippen molar-refractivity contribution < 1.29 is 31.1 Å². The summed E-state index contributed by atoms with van der Waals surface area (Å²) in [6.45, 7) is 1.33. The highest BCUT2D eigenvalue weighted by atomic mass is 19.4. The highest BCUT2D eigenvalue weighted by molar-refractivity contribution is 5.95. The molecular formula is C21H17F6N5O. The van der Waals surface area contributed by atoms with Gasteiger partial charge in [-0.1, -0.05) is 0 Å². The molecule has 0 unspecified atom stereocenters. The van der Waals surface area contributed by atoms with E-state index in [0.717, 1.165) is 12.1 Å². The number of nitrogens with one attached hydrogen (secondary N) is 1. The number of imidazole rings is 1. The van der Waals surface area contributed by atoms with Gasteiger partial charge in [-0.15, -0.1) is 0 Å². The van der Waals surface area contributed by atoms with Gasteiger partial charge in [-0.05, 0) is 38.3 Å². The Labute approximate surface area is 183 Å². The fourth-order valence-corrected chi connectivity index (χ4v) is 4.98. The molecule has 2 aromatic heterocycles. The van der Waals surface area contributed by atoms with Crippen LogP contribution < -0.4 is 0 Å². The Morgan fingerprint density at radius 1 is 1.15 bits per heavy atom. The number of carbonyl (C=O) groups is 1. The summed E-state index contributed by atoms with van der Waals surface area (Å²) in [6.07, 6.45) is -3.56. The lowest BCUT2D eigenvalue weighted by Crippen LogP contribution is -2.42. The van der Waals surface area contributed by atoms with Gasteiger partial charge in [-0.3, -0.25) is 9.48 Å². The quantitative estimate of drug-likeness (QED) is 0.445. The molecule has 6 nitrogen and oxygen atoms in total. The van der Waals surface area contributed by atoms with E-state index in [-0.39, 0.29) is 17.8 Å². The van der Waals surface area contributed by atoms with Crippen molar-refractivity contribution in [2.75, 3.05) is 0 Å². The summed E-state index contributed by atoms with van der Waals surface area (Å²) in [5.41, 5.74) is -0.356. The maximum Gasteiger partial charge on any atom is 0.433 e. The van der Waals surface area contributed by atoms with E-state index in [1.807, 2.05) is 0 Å². The molecule has 1 aromatic carbocycles. The Kier molecular flexibility index (Phi) is 4.63. The Hall–Kier alpha value is -3.31. The van der Waals surface area contributed by atoms with Crippen LogP contribution in [-0.4, -0.2) is 36.6 Å². The van der Waals surface area contributed by atoms with Crippen LogP contribution >= 0.6 is 0 Å². The lowest BCUT2D eigenvalue weighted by Gasteiger charge is -2.34. The number of aromatic nitrogens is 4. The molecule has 0 saturated carbocycles. The molecule has 2 bridgehead atoms. The molecule has 1 saturated heterocycles. The molecule has 4 heterocycles. The number of benzene rings is 1. The van der Waals surface area contributed by atoms with E-state index in [2.05, 4.69) is 15.1 Å². The van der Waals surface area contributed by atoms with Gasteiger partial charge in [-0.25, -0.2) is 18.2 Å². The summed E-state index contributed by atoms with van der Waals surface area (Å²) >= 11 is 0. The number of aromatic amines is 1. The third kappa shape index (κ3) is 3.22. The van der Waals surface area contributed by atoms with Crippen molar-refractivity contribution in [3.63, 3.8) is 0 Å². The van der Waals surface area contributed by atoms with Crippen molar-refractivity contribution in [1.82, 2.24) is 24.6 Å². The third-order valence-corrected chi connectivity index (χ3v) is 6.23. The Bertz CT molecular complexity index is 1270. The Morgan fingerprint density at radius 2 is 1.82 bits per heavy atom. The largest absolute Gasteiger partial charge is 0.433 e. The summed E-state index contributed by atoms with van der Waals surface area (Å²) in [7, 11) is 1.55. The molecule has 1 amide bonds. The molecule has 1 N–H and O–H groups in total. The smallest absolute Gasteiger partial charge is 0.338 e. The second kappa shape index (κ2) is 7.09. The maximum absolute atomic E-state index is 13.9. The number of aryl methyl sites for hydroxylation is 2. The fraction of sp³-hybridized carbons (Fsp3) is 0.381. The van der Waals surface area contributed by atoms with Crippen LogP contribution in [0.5, 0.6) is 0 Å². The first-order chi connectivity index (χ1) is 15.5. The van der Waals surface area contributed by atoms with Gasteiger partial charge in [0, 0.05) is 24.2 Å². The second-order valence-electron chi connectivity index (χ2n) is 8.30. The minimum Gasteiger partial charge on any atom is -0.338 e. The zero-order valence-electron chi connectivity index (χ0n) is 17.4. The zero-order valence-corrected chi connectivity index (χ0v) is 17.4. The van der Waals surface area contributed by atoms with Crippen LogP contribution in [0.1, 0.15) is 52.1 Å². The van der Waals surface area contributed by atoms with Gasteiger partial charge in [0.1, 0.15) is 5.82 Å². The predicted octanol–water partition coefficient (Wildman–Crippen LogP) is 4.46. The second-order valence-corrected chi connectivity index (χ2v) is 8.30. The third-order valence-electron chi connectivity index (χ3n) is 6.23. The molecule has 5 rings (SSSR count). The molecule has 174 valence electrons. The molecule has 0 aliphatic carbocycles. The minimum atomic E-state index is -4.78. The molecule has 1 fully saturated rings. The minimum absolute atomic E-state index is 0.0313. The van der Waals surface area contributed by atoms with Gasteiger partial charge >= 0.3 is 6.18 Å². The summed E-state index contributed by atoms with van der Waals surface area (Å²) in [5, 5.41) is 4.42.